The third-order valence-corrected chi connectivity index (χ3v) is 11.0. The summed E-state index contributed by atoms with van der Waals surface area (Å²) in [5.74, 6) is 0. The van der Waals surface area contributed by atoms with E-state index < -0.39 is 0 Å². The monoisotopic (exact) mass is 637 g/mol. The van der Waals surface area contributed by atoms with Crippen molar-refractivity contribution in [1.29, 1.82) is 0 Å². The molecule has 1 heteroatoms. The molecular weight excluding hydrogens is 603 g/mol. The molecule has 0 spiro atoms. The van der Waals surface area contributed by atoms with Crippen molar-refractivity contribution in [2.45, 2.75) is 19.3 Å². The summed E-state index contributed by atoms with van der Waals surface area (Å²) in [4.78, 5) is 2.39. The van der Waals surface area contributed by atoms with Gasteiger partial charge in [0.1, 0.15) is 0 Å². The topological polar surface area (TPSA) is 3.24 Å². The van der Waals surface area contributed by atoms with Crippen molar-refractivity contribution in [3.8, 4) is 22.3 Å². The first kappa shape index (κ1) is 28.8. The highest BCUT2D eigenvalue weighted by Crippen LogP contribution is 2.55. The third kappa shape index (κ3) is 4.27. The van der Waals surface area contributed by atoms with Crippen LogP contribution in [-0.4, -0.2) is 0 Å². The van der Waals surface area contributed by atoms with Gasteiger partial charge in [0, 0.05) is 22.5 Å². The van der Waals surface area contributed by atoms with Gasteiger partial charge in [0.05, 0.1) is 0 Å². The van der Waals surface area contributed by atoms with E-state index in [1.807, 2.05) is 0 Å². The summed E-state index contributed by atoms with van der Waals surface area (Å²) < 4.78 is 0. The summed E-state index contributed by atoms with van der Waals surface area (Å²) in [5, 5.41) is 10.3. The summed E-state index contributed by atoms with van der Waals surface area (Å²) in [7, 11) is 0. The van der Waals surface area contributed by atoms with Gasteiger partial charge >= 0.3 is 0 Å². The Hall–Kier alpha value is -6.18. The van der Waals surface area contributed by atoms with Gasteiger partial charge in [-0.05, 0) is 113 Å². The molecule has 0 unspecified atom stereocenters. The van der Waals surface area contributed by atoms with E-state index in [0.29, 0.717) is 0 Å². The van der Waals surface area contributed by atoms with Crippen molar-refractivity contribution in [2.75, 3.05) is 4.90 Å². The number of hydrogen-bond donors (Lipinski definition) is 0. The minimum absolute atomic E-state index is 0.0745. The van der Waals surface area contributed by atoms with Crippen LogP contribution in [0.2, 0.25) is 0 Å². The van der Waals surface area contributed by atoms with Crippen molar-refractivity contribution in [1.82, 2.24) is 0 Å². The Bertz CT molecular complexity index is 2770. The quantitative estimate of drug-likeness (QED) is 0.174. The Morgan fingerprint density at radius 1 is 0.400 bits per heavy atom. The van der Waals surface area contributed by atoms with Crippen LogP contribution >= 0.6 is 0 Å². The van der Waals surface area contributed by atoms with Gasteiger partial charge in [0.2, 0.25) is 0 Å². The lowest BCUT2D eigenvalue weighted by molar-refractivity contribution is 0.666. The average molecular weight is 638 g/mol. The lowest BCUT2D eigenvalue weighted by Gasteiger charge is -2.27. The van der Waals surface area contributed by atoms with E-state index in [-0.39, 0.29) is 5.41 Å². The van der Waals surface area contributed by atoms with Crippen LogP contribution in [0.4, 0.5) is 17.1 Å². The van der Waals surface area contributed by atoms with E-state index in [1.54, 1.807) is 0 Å². The maximum Gasteiger partial charge on any atom is 0.0468 e. The van der Waals surface area contributed by atoms with E-state index in [1.165, 1.54) is 76.5 Å². The van der Waals surface area contributed by atoms with Crippen LogP contribution in [0.5, 0.6) is 0 Å². The minimum atomic E-state index is -0.0745. The second-order valence-corrected chi connectivity index (χ2v) is 14.1. The zero-order valence-corrected chi connectivity index (χ0v) is 28.2. The number of fused-ring (bicyclic) bond motifs is 11. The number of hydrogen-bond acceptors (Lipinski definition) is 1. The summed E-state index contributed by atoms with van der Waals surface area (Å²) >= 11 is 0. The van der Waals surface area contributed by atoms with Crippen LogP contribution in [0.25, 0.3) is 65.3 Å². The fraction of sp³-hybridized carbons (Fsp3) is 0.0612. The molecule has 0 aromatic heterocycles. The number of anilines is 3. The fourth-order valence-electron chi connectivity index (χ4n) is 8.65. The van der Waals surface area contributed by atoms with Crippen molar-refractivity contribution < 1.29 is 0 Å². The summed E-state index contributed by atoms with van der Waals surface area (Å²) in [6, 6.07) is 64.7. The molecule has 0 saturated carbocycles. The maximum absolute atomic E-state index is 2.39. The summed E-state index contributed by atoms with van der Waals surface area (Å²) in [6.07, 6.45) is 0. The molecule has 10 rings (SSSR count). The molecule has 0 aliphatic heterocycles. The third-order valence-electron chi connectivity index (χ3n) is 11.0. The van der Waals surface area contributed by atoms with Crippen LogP contribution in [0.1, 0.15) is 25.0 Å². The lowest BCUT2D eigenvalue weighted by atomic mass is 9.79. The molecule has 1 nitrogen and oxygen atoms in total. The van der Waals surface area contributed by atoms with Crippen molar-refractivity contribution in [3.05, 3.63) is 187 Å². The maximum atomic E-state index is 2.39. The molecule has 0 amide bonds. The van der Waals surface area contributed by atoms with Crippen LogP contribution < -0.4 is 4.90 Å². The van der Waals surface area contributed by atoms with Crippen molar-refractivity contribution >= 4 is 60.2 Å². The molecule has 0 atom stereocenters. The van der Waals surface area contributed by atoms with Gasteiger partial charge in [0.25, 0.3) is 0 Å². The van der Waals surface area contributed by atoms with E-state index in [4.69, 9.17) is 0 Å². The largest absolute Gasteiger partial charge is 0.310 e. The van der Waals surface area contributed by atoms with Crippen LogP contribution in [0, 0.1) is 0 Å². The lowest BCUT2D eigenvalue weighted by Crippen LogP contribution is -2.15. The SMILES string of the molecule is CC1(C)c2ccccc2-c2c1c1ccccc1c1c2ccc2cc(N(c3ccc(-c4ccccc4)cc3)c3ccc4ccccc4c3)ccc21. The predicted octanol–water partition coefficient (Wildman–Crippen LogP) is 13.7. The van der Waals surface area contributed by atoms with Gasteiger partial charge in [-0.25, -0.2) is 0 Å². The fourth-order valence-corrected chi connectivity index (χ4v) is 8.65. The first-order valence-electron chi connectivity index (χ1n) is 17.5. The molecule has 1 aliphatic rings. The standard InChI is InChI=1S/C49H35N/c1-49(2)45-19-11-10-18-43(45)47-44-28-23-36-31-39(27-29-40(36)46(44)41-16-8-9-17-42(41)48(47)49)50(38-26-22-33-14-6-7-15-35(33)30-38)37-24-20-34(21-25-37)32-12-4-3-5-13-32/h3-31H,1-2H3. The molecule has 0 N–H and O–H groups in total. The average Bonchev–Trinajstić information content (AvgIpc) is 3.42. The molecular formula is C49H35N. The van der Waals surface area contributed by atoms with Crippen LogP contribution in [0.3, 0.4) is 0 Å². The zero-order chi connectivity index (χ0) is 33.4. The van der Waals surface area contributed by atoms with Gasteiger partial charge in [0.15, 0.2) is 0 Å². The Morgan fingerprint density at radius 2 is 0.980 bits per heavy atom. The Kier molecular flexibility index (Phi) is 6.29. The Balaban J connectivity index is 1.20. The smallest absolute Gasteiger partial charge is 0.0468 e. The second kappa shape index (κ2) is 10.9. The Morgan fingerprint density at radius 3 is 1.80 bits per heavy atom. The number of rotatable bonds is 4. The molecule has 0 fully saturated rings. The molecule has 236 valence electrons. The van der Waals surface area contributed by atoms with Gasteiger partial charge in [-0.3, -0.25) is 0 Å². The highest BCUT2D eigenvalue weighted by Gasteiger charge is 2.38. The molecule has 9 aromatic carbocycles. The van der Waals surface area contributed by atoms with Crippen molar-refractivity contribution in [2.24, 2.45) is 0 Å². The van der Waals surface area contributed by atoms with Gasteiger partial charge in [-0.1, -0.05) is 153 Å². The van der Waals surface area contributed by atoms with Crippen LogP contribution in [0.15, 0.2) is 176 Å². The molecule has 0 saturated heterocycles. The summed E-state index contributed by atoms with van der Waals surface area (Å²) in [5.41, 5.74) is 11.4. The molecule has 9 aromatic rings. The zero-order valence-electron chi connectivity index (χ0n) is 28.2. The van der Waals surface area contributed by atoms with Crippen LogP contribution in [-0.2, 0) is 5.41 Å². The molecule has 0 heterocycles. The first-order valence-corrected chi connectivity index (χ1v) is 17.5. The highest BCUT2D eigenvalue weighted by molar-refractivity contribution is 6.26. The van der Waals surface area contributed by atoms with E-state index in [9.17, 15) is 0 Å². The van der Waals surface area contributed by atoms with E-state index in [0.717, 1.165) is 17.1 Å². The summed E-state index contributed by atoms with van der Waals surface area (Å²) in [6.45, 7) is 4.77. The first-order chi connectivity index (χ1) is 24.6. The molecule has 1 aliphatic carbocycles. The molecule has 0 bridgehead atoms. The molecule has 50 heavy (non-hydrogen) atoms. The predicted molar refractivity (Wildman–Crippen MR) is 214 cm³/mol. The molecule has 0 radical (unpaired) electrons. The normalized spacial score (nSPS) is 13.2. The number of nitrogens with zero attached hydrogens (tertiary/aromatic N) is 1. The van der Waals surface area contributed by atoms with E-state index >= 15 is 0 Å². The van der Waals surface area contributed by atoms with E-state index in [2.05, 4.69) is 195 Å². The highest BCUT2D eigenvalue weighted by atomic mass is 15.1. The number of benzene rings is 9. The van der Waals surface area contributed by atoms with Gasteiger partial charge < -0.3 is 4.90 Å². The Labute approximate surface area is 292 Å². The van der Waals surface area contributed by atoms with Gasteiger partial charge in [-0.2, -0.15) is 0 Å². The van der Waals surface area contributed by atoms with Gasteiger partial charge in [-0.15, -0.1) is 0 Å². The van der Waals surface area contributed by atoms with Crippen molar-refractivity contribution in [3.63, 3.8) is 0 Å². The minimum Gasteiger partial charge on any atom is -0.310 e. The second-order valence-electron chi connectivity index (χ2n) is 14.1.